The second-order valence-electron chi connectivity index (χ2n) is 10.8. The molecule has 0 aliphatic carbocycles. The van der Waals surface area contributed by atoms with Crippen LogP contribution in [0.4, 0.5) is 27.4 Å². The molecule has 0 unspecified atom stereocenters. The number of hydrogen-bond acceptors (Lipinski definition) is 8. The molecular weight excluding hydrogens is 647 g/mol. The largest absolute Gasteiger partial charge is 0.345 e. The van der Waals surface area contributed by atoms with Gasteiger partial charge in [0.15, 0.2) is 0 Å². The predicted molar refractivity (Wildman–Crippen MR) is 183 cm³/mol. The van der Waals surface area contributed by atoms with Crippen molar-refractivity contribution in [2.24, 2.45) is 9.98 Å². The number of H-pyrrole nitrogens is 2. The number of hydrogen-bond donors (Lipinski definition) is 4. The van der Waals surface area contributed by atoms with Gasteiger partial charge in [-0.15, -0.1) is 0 Å². The van der Waals surface area contributed by atoms with E-state index in [9.17, 15) is 4.39 Å². The Hall–Kier alpha value is -5.75. The number of rotatable bonds is 5. The van der Waals surface area contributed by atoms with E-state index in [0.29, 0.717) is 5.82 Å². The fraction of sp³-hybridized carbons (Fsp3) is 0.0588. The van der Waals surface area contributed by atoms with Crippen LogP contribution in [0.15, 0.2) is 100 Å². The first-order chi connectivity index (χ1) is 22.6. The first-order valence-electron chi connectivity index (χ1n) is 14.4. The third kappa shape index (κ3) is 5.28. The number of benzene rings is 3. The molecule has 12 heteroatoms. The first kappa shape index (κ1) is 27.8. The maximum Gasteiger partial charge on any atom is 0.144 e. The first-order valence-corrected chi connectivity index (χ1v) is 15.2. The zero-order valence-corrected chi connectivity index (χ0v) is 25.7. The molecule has 0 fully saturated rings. The van der Waals surface area contributed by atoms with Crippen LogP contribution in [0.5, 0.6) is 0 Å². The minimum atomic E-state index is -0.261. The van der Waals surface area contributed by atoms with E-state index in [-0.39, 0.29) is 5.82 Å². The van der Waals surface area contributed by atoms with Crippen LogP contribution in [0.3, 0.4) is 0 Å². The van der Waals surface area contributed by atoms with Crippen LogP contribution in [-0.2, 0) is 13.1 Å². The maximum absolute atomic E-state index is 13.3. The molecule has 2 aliphatic rings. The zero-order chi connectivity index (χ0) is 31.0. The third-order valence-electron chi connectivity index (χ3n) is 7.85. The minimum absolute atomic E-state index is 0.261. The number of halogens is 2. The number of fused-ring (bicyclic) bond motifs is 4. The number of aromatic nitrogens is 6. The van der Waals surface area contributed by atoms with Crippen molar-refractivity contribution in [3.8, 4) is 11.1 Å². The van der Waals surface area contributed by atoms with E-state index in [1.54, 1.807) is 18.5 Å². The molecule has 7 aromatic rings. The topological polar surface area (TPSA) is 132 Å². The van der Waals surface area contributed by atoms with Crippen molar-refractivity contribution in [1.29, 1.82) is 0 Å². The Balaban J connectivity index is 0.000000140. The normalized spacial score (nSPS) is 12.7. The molecule has 2 aliphatic heterocycles. The highest BCUT2D eigenvalue weighted by Gasteiger charge is 2.15. The van der Waals surface area contributed by atoms with Crippen LogP contribution in [0.25, 0.3) is 33.2 Å². The number of nitrogens with one attached hydrogen (secondary N) is 4. The molecule has 0 radical (unpaired) electrons. The summed E-state index contributed by atoms with van der Waals surface area (Å²) in [4.78, 5) is 32.1. The second kappa shape index (κ2) is 11.6. The summed E-state index contributed by atoms with van der Waals surface area (Å²) in [5.41, 5.74) is 10.0. The highest BCUT2D eigenvalue weighted by atomic mass is 79.9. The maximum atomic E-state index is 13.3. The molecule has 46 heavy (non-hydrogen) atoms. The van der Waals surface area contributed by atoms with Crippen molar-refractivity contribution in [3.05, 3.63) is 118 Å². The zero-order valence-electron chi connectivity index (χ0n) is 24.1. The van der Waals surface area contributed by atoms with Gasteiger partial charge in [0.05, 0.1) is 23.9 Å². The van der Waals surface area contributed by atoms with Gasteiger partial charge in [-0.25, -0.2) is 24.3 Å². The van der Waals surface area contributed by atoms with Crippen molar-refractivity contribution < 1.29 is 4.39 Å². The minimum Gasteiger partial charge on any atom is -0.345 e. The molecule has 6 heterocycles. The molecule has 3 aromatic carbocycles. The van der Waals surface area contributed by atoms with Gasteiger partial charge >= 0.3 is 0 Å². The quantitative estimate of drug-likeness (QED) is 0.148. The van der Waals surface area contributed by atoms with Gasteiger partial charge in [0.25, 0.3) is 0 Å². The van der Waals surface area contributed by atoms with E-state index in [1.807, 2.05) is 37.0 Å². The Morgan fingerprint density at radius 2 is 1.22 bits per heavy atom. The molecule has 0 saturated carbocycles. The van der Waals surface area contributed by atoms with Crippen LogP contribution in [0.2, 0.25) is 0 Å². The lowest BCUT2D eigenvalue weighted by atomic mass is 10.1. The summed E-state index contributed by atoms with van der Waals surface area (Å²) in [7, 11) is 0. The fourth-order valence-corrected chi connectivity index (χ4v) is 6.06. The van der Waals surface area contributed by atoms with E-state index in [2.05, 4.69) is 90.7 Å². The van der Waals surface area contributed by atoms with Crippen LogP contribution in [0.1, 0.15) is 22.3 Å². The molecular formula is C34H24BrFN10. The molecule has 4 N–H and O–H groups in total. The lowest BCUT2D eigenvalue weighted by Gasteiger charge is -2.09. The second-order valence-corrected chi connectivity index (χ2v) is 11.6. The Bertz CT molecular complexity index is 2310. The monoisotopic (exact) mass is 670 g/mol. The number of aromatic amines is 2. The van der Waals surface area contributed by atoms with Crippen molar-refractivity contribution in [2.75, 3.05) is 10.6 Å². The van der Waals surface area contributed by atoms with Crippen LogP contribution >= 0.6 is 15.9 Å². The van der Waals surface area contributed by atoms with Crippen molar-refractivity contribution >= 4 is 73.4 Å². The Labute approximate surface area is 270 Å². The molecule has 4 aromatic heterocycles. The summed E-state index contributed by atoms with van der Waals surface area (Å²) in [5, 5.41) is 8.53. The standard InChI is InChI=1S/C20H14FN5.C14H10BrN5/c21-15-4-1-12(2-5-15)17-10-23-19-18(17)20(25-11-24-19)26-16-6-3-13-8-22-9-14(13)7-16;15-11-6-17-13-12(11)14(19-7-18-13)20-10-2-1-8-4-16-5-9(8)3-10/h1-7,9-11H,8H2,(H2,23,24,25,26);1-3,5-7H,4H2,(H2,17,18,19,20). The van der Waals surface area contributed by atoms with Gasteiger partial charge in [-0.3, -0.25) is 9.98 Å². The summed E-state index contributed by atoms with van der Waals surface area (Å²) >= 11 is 3.51. The average molecular weight is 672 g/mol. The molecule has 0 amide bonds. The molecule has 0 spiro atoms. The van der Waals surface area contributed by atoms with Gasteiger partial charge in [0.1, 0.15) is 41.4 Å². The number of nitrogens with zero attached hydrogens (tertiary/aromatic N) is 6. The van der Waals surface area contributed by atoms with Gasteiger partial charge in [0.2, 0.25) is 0 Å². The Morgan fingerprint density at radius 1 is 0.652 bits per heavy atom. The van der Waals surface area contributed by atoms with Crippen molar-refractivity contribution in [3.63, 3.8) is 0 Å². The van der Waals surface area contributed by atoms with E-state index in [1.165, 1.54) is 29.6 Å². The van der Waals surface area contributed by atoms with Gasteiger partial charge in [-0.1, -0.05) is 24.3 Å². The van der Waals surface area contributed by atoms with Crippen LogP contribution < -0.4 is 10.6 Å². The van der Waals surface area contributed by atoms with E-state index < -0.39 is 0 Å². The molecule has 9 rings (SSSR count). The summed E-state index contributed by atoms with van der Waals surface area (Å²) in [5.74, 6) is 1.21. The lowest BCUT2D eigenvalue weighted by Crippen LogP contribution is -1.97. The highest BCUT2D eigenvalue weighted by Crippen LogP contribution is 2.34. The molecule has 0 bridgehead atoms. The average Bonchev–Trinajstić information content (AvgIpc) is 3.89. The third-order valence-corrected chi connectivity index (χ3v) is 8.47. The van der Waals surface area contributed by atoms with Crippen molar-refractivity contribution in [1.82, 2.24) is 29.9 Å². The summed E-state index contributed by atoms with van der Waals surface area (Å²) in [6.45, 7) is 1.51. The van der Waals surface area contributed by atoms with Crippen LogP contribution in [0, 0.1) is 5.82 Å². The smallest absolute Gasteiger partial charge is 0.144 e. The molecule has 0 saturated heterocycles. The Morgan fingerprint density at radius 3 is 1.85 bits per heavy atom. The molecule has 224 valence electrons. The summed E-state index contributed by atoms with van der Waals surface area (Å²) < 4.78 is 14.2. The van der Waals surface area contributed by atoms with Crippen molar-refractivity contribution in [2.45, 2.75) is 13.1 Å². The van der Waals surface area contributed by atoms with E-state index >= 15 is 0 Å². The highest BCUT2D eigenvalue weighted by molar-refractivity contribution is 9.10. The van der Waals surface area contributed by atoms with Gasteiger partial charge < -0.3 is 20.6 Å². The van der Waals surface area contributed by atoms with Crippen LogP contribution in [-0.4, -0.2) is 42.3 Å². The predicted octanol–water partition coefficient (Wildman–Crippen LogP) is 7.84. The van der Waals surface area contributed by atoms with Gasteiger partial charge in [-0.2, -0.15) is 0 Å². The summed E-state index contributed by atoms with van der Waals surface area (Å²) in [6, 6.07) is 18.8. The summed E-state index contributed by atoms with van der Waals surface area (Å²) in [6.07, 6.45) is 10.6. The molecule has 0 atom stereocenters. The molecule has 10 nitrogen and oxygen atoms in total. The van der Waals surface area contributed by atoms with Gasteiger partial charge in [0, 0.05) is 46.2 Å². The number of anilines is 4. The van der Waals surface area contributed by atoms with E-state index in [0.717, 1.165) is 79.1 Å². The Kier molecular flexibility index (Phi) is 7.03. The fourth-order valence-electron chi connectivity index (χ4n) is 5.57. The lowest BCUT2D eigenvalue weighted by molar-refractivity contribution is 0.628. The van der Waals surface area contributed by atoms with Gasteiger partial charge in [-0.05, 0) is 80.1 Å². The number of aliphatic imine (C=N–C) groups is 2. The SMILES string of the molecule is Brc1c[nH]c2ncnc(Nc3ccc4c(c3)C=NC4)c12.Fc1ccc(-c2c[nH]c3ncnc(Nc4ccc5c(c4)C=NC5)c23)cc1. The van der Waals surface area contributed by atoms with E-state index in [4.69, 9.17) is 0 Å².